The first kappa shape index (κ1) is 33.5. The van der Waals surface area contributed by atoms with E-state index in [1.807, 2.05) is 0 Å². The third kappa shape index (κ3) is 5.13. The summed E-state index contributed by atoms with van der Waals surface area (Å²) in [6, 6.07) is 81.7. The summed E-state index contributed by atoms with van der Waals surface area (Å²) in [6.45, 7) is 0. The maximum atomic E-state index is 6.89. The molecule has 1 aromatic heterocycles. The number of anilines is 3. The zero-order valence-corrected chi connectivity index (χ0v) is 32.2. The van der Waals surface area contributed by atoms with E-state index in [1.54, 1.807) is 0 Å². The van der Waals surface area contributed by atoms with Crippen molar-refractivity contribution < 1.29 is 4.42 Å². The summed E-state index contributed by atoms with van der Waals surface area (Å²) in [5.41, 5.74) is 14.2. The van der Waals surface area contributed by atoms with Crippen LogP contribution in [0.5, 0.6) is 0 Å². The van der Waals surface area contributed by atoms with Gasteiger partial charge in [-0.2, -0.15) is 0 Å². The van der Waals surface area contributed by atoms with Gasteiger partial charge in [0.1, 0.15) is 11.2 Å². The molecule has 1 atom stereocenters. The molecule has 0 aliphatic heterocycles. The molecule has 11 aromatic rings. The molecule has 0 fully saturated rings. The van der Waals surface area contributed by atoms with Gasteiger partial charge in [-0.15, -0.1) is 0 Å². The molecule has 59 heavy (non-hydrogen) atoms. The standard InChI is InChI=1S/C57H37NO/c1-2-17-45(18-3-1)58(46-31-27-39(28-32-46)43-26-25-38-13-4-5-14-40(38)35-43)47-33-29-44(30-34-47)57(53-23-12-21-50-49-20-9-11-24-55(49)59-56(50)53)52-22-10-8-19-48(52)51-36-41-15-6-7-16-42(41)37-54(51)57/h1-37H. The maximum Gasteiger partial charge on any atom is 0.140 e. The fourth-order valence-corrected chi connectivity index (χ4v) is 9.82. The maximum absolute atomic E-state index is 6.89. The van der Waals surface area contributed by atoms with Crippen LogP contribution in [0.4, 0.5) is 17.1 Å². The number of nitrogens with zero attached hydrogens (tertiary/aromatic N) is 1. The lowest BCUT2D eigenvalue weighted by atomic mass is 9.67. The summed E-state index contributed by atoms with van der Waals surface area (Å²) in [5.74, 6) is 0. The molecule has 0 bridgehead atoms. The predicted molar refractivity (Wildman–Crippen MR) is 246 cm³/mol. The van der Waals surface area contributed by atoms with E-state index in [2.05, 4.69) is 229 Å². The van der Waals surface area contributed by atoms with Gasteiger partial charge >= 0.3 is 0 Å². The van der Waals surface area contributed by atoms with Gasteiger partial charge in [0.05, 0.1) is 5.41 Å². The van der Waals surface area contributed by atoms with Crippen molar-refractivity contribution in [3.63, 3.8) is 0 Å². The highest BCUT2D eigenvalue weighted by atomic mass is 16.3. The van der Waals surface area contributed by atoms with Gasteiger partial charge in [0.15, 0.2) is 0 Å². The Bertz CT molecular complexity index is 3380. The molecule has 0 saturated heterocycles. The Morgan fingerprint density at radius 1 is 0.339 bits per heavy atom. The van der Waals surface area contributed by atoms with Crippen LogP contribution in [-0.4, -0.2) is 0 Å². The second-order valence-corrected chi connectivity index (χ2v) is 15.6. The van der Waals surface area contributed by atoms with Crippen molar-refractivity contribution in [3.05, 3.63) is 247 Å². The lowest BCUT2D eigenvalue weighted by molar-refractivity contribution is 0.648. The van der Waals surface area contributed by atoms with Gasteiger partial charge in [0.2, 0.25) is 0 Å². The number of hydrogen-bond acceptors (Lipinski definition) is 2. The molecule has 12 rings (SSSR count). The molecule has 0 radical (unpaired) electrons. The van der Waals surface area contributed by atoms with Gasteiger partial charge in [0.25, 0.3) is 0 Å². The summed E-state index contributed by atoms with van der Waals surface area (Å²) in [7, 11) is 0. The smallest absolute Gasteiger partial charge is 0.140 e. The quantitative estimate of drug-likeness (QED) is 0.168. The van der Waals surface area contributed by atoms with Crippen molar-refractivity contribution in [2.75, 3.05) is 4.90 Å². The molecule has 2 heteroatoms. The Hall–Kier alpha value is -7.68. The Balaban J connectivity index is 1.06. The molecule has 10 aromatic carbocycles. The zero-order valence-electron chi connectivity index (χ0n) is 32.2. The molecule has 1 aliphatic rings. The van der Waals surface area contributed by atoms with Crippen molar-refractivity contribution in [2.45, 2.75) is 5.41 Å². The minimum Gasteiger partial charge on any atom is -0.456 e. The van der Waals surface area contributed by atoms with Crippen LogP contribution in [0.15, 0.2) is 229 Å². The van der Waals surface area contributed by atoms with Crippen LogP contribution in [0, 0.1) is 0 Å². The van der Waals surface area contributed by atoms with E-state index in [0.29, 0.717) is 0 Å². The highest BCUT2D eigenvalue weighted by Gasteiger charge is 2.48. The lowest BCUT2D eigenvalue weighted by Gasteiger charge is -2.34. The minimum atomic E-state index is -0.652. The largest absolute Gasteiger partial charge is 0.456 e. The van der Waals surface area contributed by atoms with Gasteiger partial charge in [-0.25, -0.2) is 0 Å². The second kappa shape index (κ2) is 13.2. The fraction of sp³-hybridized carbons (Fsp3) is 0.0175. The molecular formula is C57H37NO. The van der Waals surface area contributed by atoms with Crippen LogP contribution in [0.3, 0.4) is 0 Å². The van der Waals surface area contributed by atoms with Crippen molar-refractivity contribution in [1.29, 1.82) is 0 Å². The molecule has 0 spiro atoms. The third-order valence-corrected chi connectivity index (χ3v) is 12.5. The first-order valence-corrected chi connectivity index (χ1v) is 20.3. The molecule has 276 valence electrons. The minimum absolute atomic E-state index is 0.652. The number of rotatable bonds is 6. The number of fused-ring (bicyclic) bond motifs is 8. The summed E-state index contributed by atoms with van der Waals surface area (Å²) >= 11 is 0. The van der Waals surface area contributed by atoms with Crippen LogP contribution in [0.2, 0.25) is 0 Å². The normalized spacial score (nSPS) is 14.5. The van der Waals surface area contributed by atoms with E-state index < -0.39 is 5.41 Å². The molecule has 0 saturated carbocycles. The number of benzene rings is 10. The lowest BCUT2D eigenvalue weighted by Crippen LogP contribution is -2.29. The Kier molecular flexibility index (Phi) is 7.48. The summed E-state index contributed by atoms with van der Waals surface area (Å²) in [4.78, 5) is 2.35. The average Bonchev–Trinajstić information content (AvgIpc) is 3.83. The Morgan fingerprint density at radius 2 is 0.915 bits per heavy atom. The van der Waals surface area contributed by atoms with E-state index in [9.17, 15) is 0 Å². The second-order valence-electron chi connectivity index (χ2n) is 15.6. The van der Waals surface area contributed by atoms with Crippen LogP contribution in [0.25, 0.3) is 65.7 Å². The highest BCUT2D eigenvalue weighted by molar-refractivity contribution is 6.07. The van der Waals surface area contributed by atoms with E-state index in [4.69, 9.17) is 4.42 Å². The fourth-order valence-electron chi connectivity index (χ4n) is 9.82. The predicted octanol–water partition coefficient (Wildman–Crippen LogP) is 15.4. The van der Waals surface area contributed by atoms with Crippen LogP contribution >= 0.6 is 0 Å². The third-order valence-electron chi connectivity index (χ3n) is 12.5. The number of hydrogen-bond donors (Lipinski definition) is 0. The first-order chi connectivity index (χ1) is 29.2. The summed E-state index contributed by atoms with van der Waals surface area (Å²) in [5, 5.41) is 7.21. The molecular weight excluding hydrogens is 715 g/mol. The molecule has 1 heterocycles. The van der Waals surface area contributed by atoms with Crippen LogP contribution in [-0.2, 0) is 5.41 Å². The monoisotopic (exact) mass is 751 g/mol. The van der Waals surface area contributed by atoms with Gasteiger partial charge in [-0.1, -0.05) is 164 Å². The molecule has 2 nitrogen and oxygen atoms in total. The van der Waals surface area contributed by atoms with Crippen LogP contribution < -0.4 is 4.90 Å². The van der Waals surface area contributed by atoms with Crippen molar-refractivity contribution in [1.82, 2.24) is 0 Å². The summed E-state index contributed by atoms with van der Waals surface area (Å²) < 4.78 is 6.89. The van der Waals surface area contributed by atoms with Crippen LogP contribution in [0.1, 0.15) is 22.3 Å². The average molecular weight is 752 g/mol. The highest BCUT2D eigenvalue weighted by Crippen LogP contribution is 2.58. The van der Waals surface area contributed by atoms with E-state index in [1.165, 1.54) is 60.5 Å². The van der Waals surface area contributed by atoms with Gasteiger partial charge in [-0.3, -0.25) is 0 Å². The molecule has 1 unspecified atom stereocenters. The zero-order chi connectivity index (χ0) is 38.9. The topological polar surface area (TPSA) is 16.4 Å². The van der Waals surface area contributed by atoms with E-state index in [-0.39, 0.29) is 0 Å². The van der Waals surface area contributed by atoms with Gasteiger partial charge in [0, 0.05) is 33.4 Å². The van der Waals surface area contributed by atoms with Gasteiger partial charge < -0.3 is 9.32 Å². The van der Waals surface area contributed by atoms with Gasteiger partial charge in [-0.05, 0) is 121 Å². The van der Waals surface area contributed by atoms with Crippen molar-refractivity contribution in [3.8, 4) is 22.3 Å². The molecule has 1 aliphatic carbocycles. The Labute approximate surface area is 342 Å². The summed E-state index contributed by atoms with van der Waals surface area (Å²) in [6.07, 6.45) is 0. The van der Waals surface area contributed by atoms with Crippen molar-refractivity contribution >= 4 is 60.5 Å². The van der Waals surface area contributed by atoms with E-state index in [0.717, 1.165) is 44.6 Å². The first-order valence-electron chi connectivity index (χ1n) is 20.3. The number of furan rings is 1. The van der Waals surface area contributed by atoms with Crippen molar-refractivity contribution in [2.24, 2.45) is 0 Å². The molecule has 0 amide bonds. The SMILES string of the molecule is c1ccc(N(c2ccc(-c3ccc4ccccc4c3)cc2)c2ccc(C3(c4cccc5c4oc4ccccc45)c4ccccc4-c4cc5ccccc5cc43)cc2)cc1. The van der Waals surface area contributed by atoms with E-state index >= 15 is 0 Å². The molecule has 0 N–H and O–H groups in total. The Morgan fingerprint density at radius 3 is 1.71 bits per heavy atom. The number of para-hydroxylation sites is 3.